The minimum atomic E-state index is -0.0604. The number of aromatic nitrogens is 2. The lowest BCUT2D eigenvalue weighted by Gasteiger charge is -2.22. The van der Waals surface area contributed by atoms with Crippen LogP contribution in [-0.2, 0) is 13.6 Å². The molecule has 0 spiro atoms. The zero-order chi connectivity index (χ0) is 14.4. The van der Waals surface area contributed by atoms with E-state index in [1.54, 1.807) is 21.9 Å². The Morgan fingerprint density at radius 1 is 1.35 bits per heavy atom. The summed E-state index contributed by atoms with van der Waals surface area (Å²) in [7, 11) is 1.82. The molecule has 0 aliphatic carbocycles. The highest BCUT2D eigenvalue weighted by molar-refractivity contribution is 5.90. The Labute approximate surface area is 119 Å². The predicted octanol–water partition coefficient (Wildman–Crippen LogP) is 1.41. The van der Waals surface area contributed by atoms with Gasteiger partial charge in [0.2, 0.25) is 0 Å². The number of carbonyl (C=O) groups is 1. The number of nitrogens with zero attached hydrogens (tertiary/aromatic N) is 3. The van der Waals surface area contributed by atoms with Crippen LogP contribution in [0.4, 0.5) is 0 Å². The van der Waals surface area contributed by atoms with E-state index in [4.69, 9.17) is 5.73 Å². The second-order valence-electron chi connectivity index (χ2n) is 4.72. The van der Waals surface area contributed by atoms with E-state index in [0.717, 1.165) is 12.0 Å². The van der Waals surface area contributed by atoms with E-state index in [1.807, 2.05) is 37.4 Å². The Morgan fingerprint density at radius 2 is 2.10 bits per heavy atom. The smallest absolute Gasteiger partial charge is 0.290 e. The summed E-state index contributed by atoms with van der Waals surface area (Å²) in [6.07, 6.45) is 4.19. The van der Waals surface area contributed by atoms with Crippen molar-refractivity contribution < 1.29 is 4.79 Å². The van der Waals surface area contributed by atoms with Gasteiger partial charge in [-0.15, -0.1) is 0 Å². The molecule has 1 heterocycles. The van der Waals surface area contributed by atoms with Gasteiger partial charge in [-0.2, -0.15) is 0 Å². The molecule has 5 heteroatoms. The summed E-state index contributed by atoms with van der Waals surface area (Å²) in [6.45, 7) is 1.78. The number of hydrogen-bond donors (Lipinski definition) is 1. The molecule has 0 saturated heterocycles. The largest absolute Gasteiger partial charge is 0.332 e. The van der Waals surface area contributed by atoms with Crippen LogP contribution >= 0.6 is 0 Å². The van der Waals surface area contributed by atoms with Crippen molar-refractivity contribution in [2.75, 3.05) is 13.1 Å². The topological polar surface area (TPSA) is 64.2 Å². The van der Waals surface area contributed by atoms with E-state index in [9.17, 15) is 4.79 Å². The zero-order valence-electron chi connectivity index (χ0n) is 11.7. The number of imidazole rings is 1. The van der Waals surface area contributed by atoms with Gasteiger partial charge in [-0.25, -0.2) is 4.98 Å². The zero-order valence-corrected chi connectivity index (χ0v) is 11.7. The second-order valence-corrected chi connectivity index (χ2v) is 4.72. The number of nitrogens with two attached hydrogens (primary N) is 1. The molecule has 2 rings (SSSR count). The number of carbonyl (C=O) groups excluding carboxylic acids is 1. The molecule has 0 bridgehead atoms. The van der Waals surface area contributed by atoms with Gasteiger partial charge >= 0.3 is 0 Å². The molecule has 0 aliphatic heterocycles. The summed E-state index contributed by atoms with van der Waals surface area (Å²) in [5.74, 6) is 0.396. The first-order valence-corrected chi connectivity index (χ1v) is 6.73. The maximum absolute atomic E-state index is 12.5. The Bertz CT molecular complexity index is 550. The van der Waals surface area contributed by atoms with Gasteiger partial charge < -0.3 is 15.2 Å². The molecule has 1 aromatic carbocycles. The molecule has 2 aromatic rings. The minimum Gasteiger partial charge on any atom is -0.332 e. The van der Waals surface area contributed by atoms with Gasteiger partial charge in [-0.1, -0.05) is 30.3 Å². The molecule has 106 valence electrons. The Kier molecular flexibility index (Phi) is 4.90. The molecule has 0 unspecified atom stereocenters. The van der Waals surface area contributed by atoms with Gasteiger partial charge in [-0.3, -0.25) is 4.79 Å². The maximum Gasteiger partial charge on any atom is 0.290 e. The van der Waals surface area contributed by atoms with Crippen LogP contribution in [0.3, 0.4) is 0 Å². The van der Waals surface area contributed by atoms with E-state index < -0.39 is 0 Å². The normalized spacial score (nSPS) is 10.5. The third-order valence-electron chi connectivity index (χ3n) is 3.15. The summed E-state index contributed by atoms with van der Waals surface area (Å²) < 4.78 is 1.74. The van der Waals surface area contributed by atoms with Crippen molar-refractivity contribution in [2.45, 2.75) is 13.0 Å². The third-order valence-corrected chi connectivity index (χ3v) is 3.15. The highest BCUT2D eigenvalue weighted by atomic mass is 16.2. The maximum atomic E-state index is 12.5. The van der Waals surface area contributed by atoms with Crippen molar-refractivity contribution in [3.63, 3.8) is 0 Å². The molecule has 0 radical (unpaired) electrons. The first kappa shape index (κ1) is 14.3. The second kappa shape index (κ2) is 6.86. The van der Waals surface area contributed by atoms with Crippen molar-refractivity contribution in [1.82, 2.24) is 14.5 Å². The Morgan fingerprint density at radius 3 is 2.70 bits per heavy atom. The summed E-state index contributed by atoms with van der Waals surface area (Å²) in [4.78, 5) is 18.5. The van der Waals surface area contributed by atoms with Crippen LogP contribution in [0, 0.1) is 0 Å². The monoisotopic (exact) mass is 272 g/mol. The summed E-state index contributed by atoms with van der Waals surface area (Å²) in [5.41, 5.74) is 6.66. The van der Waals surface area contributed by atoms with Gasteiger partial charge in [0.15, 0.2) is 5.82 Å². The predicted molar refractivity (Wildman–Crippen MR) is 78.1 cm³/mol. The van der Waals surface area contributed by atoms with Gasteiger partial charge in [0.1, 0.15) is 0 Å². The molecular weight excluding hydrogens is 252 g/mol. The first-order valence-electron chi connectivity index (χ1n) is 6.73. The molecule has 20 heavy (non-hydrogen) atoms. The lowest BCUT2D eigenvalue weighted by atomic mass is 10.2. The van der Waals surface area contributed by atoms with Gasteiger partial charge in [0.25, 0.3) is 5.91 Å². The number of aryl methyl sites for hydroxylation is 1. The fourth-order valence-electron chi connectivity index (χ4n) is 2.05. The average Bonchev–Trinajstić information content (AvgIpc) is 2.90. The number of hydrogen-bond acceptors (Lipinski definition) is 3. The van der Waals surface area contributed by atoms with Crippen LogP contribution in [0.2, 0.25) is 0 Å². The van der Waals surface area contributed by atoms with Crippen molar-refractivity contribution in [3.8, 4) is 0 Å². The highest BCUT2D eigenvalue weighted by Gasteiger charge is 2.19. The summed E-state index contributed by atoms with van der Waals surface area (Å²) in [6, 6.07) is 9.94. The van der Waals surface area contributed by atoms with Crippen LogP contribution < -0.4 is 5.73 Å². The molecule has 0 atom stereocenters. The van der Waals surface area contributed by atoms with Crippen LogP contribution in [-0.4, -0.2) is 33.4 Å². The minimum absolute atomic E-state index is 0.0604. The SMILES string of the molecule is Cn1ccnc1C(=O)N(CCCN)Cc1ccccc1. The van der Waals surface area contributed by atoms with Crippen molar-refractivity contribution in [1.29, 1.82) is 0 Å². The van der Waals surface area contributed by atoms with Gasteiger partial charge in [0.05, 0.1) is 0 Å². The molecule has 0 fully saturated rings. The van der Waals surface area contributed by atoms with Crippen molar-refractivity contribution in [3.05, 3.63) is 54.1 Å². The molecule has 1 amide bonds. The Hall–Kier alpha value is -2.14. The lowest BCUT2D eigenvalue weighted by molar-refractivity contribution is 0.0726. The molecule has 0 aliphatic rings. The number of rotatable bonds is 6. The standard InChI is InChI=1S/C15H20N4O/c1-18-11-9-17-14(18)15(20)19(10-5-8-16)12-13-6-3-2-4-7-13/h2-4,6-7,9,11H,5,8,10,12,16H2,1H3. The van der Waals surface area contributed by atoms with Crippen LogP contribution in [0.25, 0.3) is 0 Å². The fraction of sp³-hybridized carbons (Fsp3) is 0.333. The highest BCUT2D eigenvalue weighted by Crippen LogP contribution is 2.09. The van der Waals surface area contributed by atoms with E-state index in [1.165, 1.54) is 0 Å². The summed E-state index contributed by atoms with van der Waals surface area (Å²) >= 11 is 0. The molecule has 2 N–H and O–H groups in total. The Balaban J connectivity index is 2.15. The molecule has 5 nitrogen and oxygen atoms in total. The van der Waals surface area contributed by atoms with E-state index in [0.29, 0.717) is 25.5 Å². The molecular formula is C15H20N4O. The van der Waals surface area contributed by atoms with Gasteiger partial charge in [0, 0.05) is 32.5 Å². The van der Waals surface area contributed by atoms with E-state index >= 15 is 0 Å². The number of benzene rings is 1. The molecule has 0 saturated carbocycles. The third kappa shape index (κ3) is 3.45. The van der Waals surface area contributed by atoms with Crippen molar-refractivity contribution >= 4 is 5.91 Å². The van der Waals surface area contributed by atoms with Crippen molar-refractivity contribution in [2.24, 2.45) is 12.8 Å². The van der Waals surface area contributed by atoms with E-state index in [2.05, 4.69) is 4.98 Å². The van der Waals surface area contributed by atoms with Crippen LogP contribution in [0.1, 0.15) is 22.6 Å². The van der Waals surface area contributed by atoms with Crippen LogP contribution in [0.5, 0.6) is 0 Å². The molecule has 1 aromatic heterocycles. The quantitative estimate of drug-likeness (QED) is 0.864. The lowest BCUT2D eigenvalue weighted by Crippen LogP contribution is -2.34. The number of amides is 1. The summed E-state index contributed by atoms with van der Waals surface area (Å²) in [5, 5.41) is 0. The fourth-order valence-corrected chi connectivity index (χ4v) is 2.05. The van der Waals surface area contributed by atoms with Crippen LogP contribution in [0.15, 0.2) is 42.7 Å². The first-order chi connectivity index (χ1) is 9.72. The van der Waals surface area contributed by atoms with Gasteiger partial charge in [-0.05, 0) is 18.5 Å². The van der Waals surface area contributed by atoms with E-state index in [-0.39, 0.29) is 5.91 Å². The average molecular weight is 272 g/mol.